The van der Waals surface area contributed by atoms with E-state index < -0.39 is 11.6 Å². The van der Waals surface area contributed by atoms with Crippen molar-refractivity contribution in [3.63, 3.8) is 0 Å². The molecule has 1 aromatic heterocycles. The molecule has 2 aromatic rings. The average molecular weight is 250 g/mol. The number of aryl methyl sites for hydroxylation is 1. The molecular formula is C13H12F2N2O. The Hall–Kier alpha value is -2.04. The lowest BCUT2D eigenvalue weighted by molar-refractivity contribution is 0.509. The van der Waals surface area contributed by atoms with Crippen LogP contribution in [-0.2, 0) is 6.42 Å². The number of H-pyrrole nitrogens is 1. The van der Waals surface area contributed by atoms with Gasteiger partial charge in [-0.25, -0.2) is 13.8 Å². The van der Waals surface area contributed by atoms with E-state index in [9.17, 15) is 13.6 Å². The van der Waals surface area contributed by atoms with Gasteiger partial charge in [0, 0.05) is 17.3 Å². The summed E-state index contributed by atoms with van der Waals surface area (Å²) >= 11 is 0. The van der Waals surface area contributed by atoms with Crippen molar-refractivity contribution in [2.75, 3.05) is 0 Å². The van der Waals surface area contributed by atoms with Crippen LogP contribution in [0.4, 0.5) is 8.78 Å². The molecule has 0 saturated heterocycles. The molecule has 2 rings (SSSR count). The molecule has 1 aromatic carbocycles. The van der Waals surface area contributed by atoms with Gasteiger partial charge in [-0.1, -0.05) is 13.3 Å². The van der Waals surface area contributed by atoms with E-state index in [1.54, 1.807) is 0 Å². The third kappa shape index (κ3) is 2.61. The highest BCUT2D eigenvalue weighted by Gasteiger charge is 2.07. The molecule has 0 fully saturated rings. The zero-order valence-electron chi connectivity index (χ0n) is 9.84. The molecule has 3 nitrogen and oxygen atoms in total. The summed E-state index contributed by atoms with van der Waals surface area (Å²) in [5.74, 6) is -1.63. The van der Waals surface area contributed by atoms with Crippen molar-refractivity contribution in [3.8, 4) is 11.4 Å². The van der Waals surface area contributed by atoms with Crippen LogP contribution < -0.4 is 5.56 Å². The van der Waals surface area contributed by atoms with Crippen molar-refractivity contribution in [1.82, 2.24) is 9.97 Å². The van der Waals surface area contributed by atoms with Gasteiger partial charge < -0.3 is 4.98 Å². The predicted molar refractivity (Wildman–Crippen MR) is 64.2 cm³/mol. The Morgan fingerprint density at radius 1 is 1.22 bits per heavy atom. The van der Waals surface area contributed by atoms with Gasteiger partial charge in [0.15, 0.2) is 11.6 Å². The second-order valence-electron chi connectivity index (χ2n) is 3.96. The maximum absolute atomic E-state index is 13.1. The summed E-state index contributed by atoms with van der Waals surface area (Å²) in [5.41, 5.74) is 0.693. The molecule has 94 valence electrons. The molecule has 0 spiro atoms. The smallest absolute Gasteiger partial charge is 0.251 e. The second-order valence-corrected chi connectivity index (χ2v) is 3.96. The van der Waals surface area contributed by atoms with E-state index in [1.165, 1.54) is 12.1 Å². The highest BCUT2D eigenvalue weighted by molar-refractivity contribution is 5.54. The molecule has 18 heavy (non-hydrogen) atoms. The third-order valence-corrected chi connectivity index (χ3v) is 2.49. The summed E-state index contributed by atoms with van der Waals surface area (Å²) in [7, 11) is 0. The van der Waals surface area contributed by atoms with Crippen LogP contribution in [0, 0.1) is 11.6 Å². The summed E-state index contributed by atoms with van der Waals surface area (Å²) in [4.78, 5) is 18.2. The molecule has 0 amide bonds. The first kappa shape index (κ1) is 12.4. The van der Waals surface area contributed by atoms with E-state index in [-0.39, 0.29) is 11.4 Å². The molecule has 0 bridgehead atoms. The lowest BCUT2D eigenvalue weighted by Gasteiger charge is -2.04. The maximum Gasteiger partial charge on any atom is 0.251 e. The Morgan fingerprint density at radius 3 is 2.67 bits per heavy atom. The van der Waals surface area contributed by atoms with Crippen LogP contribution in [0.15, 0.2) is 29.1 Å². The SMILES string of the molecule is CCCc1cc(=O)[nH]c(-c2ccc(F)c(F)c2)n1. The zero-order valence-corrected chi connectivity index (χ0v) is 9.84. The van der Waals surface area contributed by atoms with Crippen LogP contribution in [0.1, 0.15) is 19.0 Å². The molecule has 0 radical (unpaired) electrons. The zero-order chi connectivity index (χ0) is 13.1. The first-order valence-electron chi connectivity index (χ1n) is 5.66. The number of aromatic nitrogens is 2. The minimum absolute atomic E-state index is 0.254. The fourth-order valence-corrected chi connectivity index (χ4v) is 1.67. The quantitative estimate of drug-likeness (QED) is 0.910. The molecule has 0 aliphatic rings. The fraction of sp³-hybridized carbons (Fsp3) is 0.231. The van der Waals surface area contributed by atoms with Gasteiger partial charge >= 0.3 is 0 Å². The van der Waals surface area contributed by atoms with Gasteiger partial charge in [0.05, 0.1) is 0 Å². The van der Waals surface area contributed by atoms with Gasteiger partial charge in [0.1, 0.15) is 5.82 Å². The van der Waals surface area contributed by atoms with E-state index in [2.05, 4.69) is 9.97 Å². The van der Waals surface area contributed by atoms with Crippen LogP contribution in [0.5, 0.6) is 0 Å². The normalized spacial score (nSPS) is 10.6. The van der Waals surface area contributed by atoms with Crippen LogP contribution >= 0.6 is 0 Å². The number of halogens is 2. The number of aromatic amines is 1. The van der Waals surface area contributed by atoms with Crippen LogP contribution in [-0.4, -0.2) is 9.97 Å². The lowest BCUT2D eigenvalue weighted by atomic mass is 10.2. The summed E-state index contributed by atoms with van der Waals surface area (Å²) in [6, 6.07) is 4.82. The number of hydrogen-bond acceptors (Lipinski definition) is 2. The molecule has 1 heterocycles. The third-order valence-electron chi connectivity index (χ3n) is 2.49. The van der Waals surface area contributed by atoms with E-state index in [4.69, 9.17) is 0 Å². The van der Waals surface area contributed by atoms with Crippen molar-refractivity contribution in [2.45, 2.75) is 19.8 Å². The van der Waals surface area contributed by atoms with Crippen LogP contribution in [0.3, 0.4) is 0 Å². The van der Waals surface area contributed by atoms with Gasteiger partial charge in [-0.05, 0) is 24.6 Å². The highest BCUT2D eigenvalue weighted by atomic mass is 19.2. The Balaban J connectivity index is 2.49. The molecule has 0 atom stereocenters. The second kappa shape index (κ2) is 5.08. The van der Waals surface area contributed by atoms with Gasteiger partial charge in [-0.3, -0.25) is 4.79 Å². The van der Waals surface area contributed by atoms with E-state index in [0.717, 1.165) is 18.6 Å². The predicted octanol–water partition coefficient (Wildman–Crippen LogP) is 2.67. The number of rotatable bonds is 3. The van der Waals surface area contributed by atoms with E-state index in [1.807, 2.05) is 6.92 Å². The first-order chi connectivity index (χ1) is 8.60. The number of hydrogen-bond donors (Lipinski definition) is 1. The number of nitrogens with one attached hydrogen (secondary N) is 1. The number of nitrogens with zero attached hydrogens (tertiary/aromatic N) is 1. The summed E-state index contributed by atoms with van der Waals surface area (Å²) in [6.45, 7) is 1.97. The maximum atomic E-state index is 13.1. The average Bonchev–Trinajstić information content (AvgIpc) is 2.32. The summed E-state index contributed by atoms with van der Waals surface area (Å²) in [5, 5.41) is 0. The highest BCUT2D eigenvalue weighted by Crippen LogP contribution is 2.17. The molecule has 0 unspecified atom stereocenters. The molecular weight excluding hydrogens is 238 g/mol. The van der Waals surface area contributed by atoms with Crippen molar-refractivity contribution < 1.29 is 8.78 Å². The monoisotopic (exact) mass is 250 g/mol. The minimum atomic E-state index is -0.962. The van der Waals surface area contributed by atoms with E-state index in [0.29, 0.717) is 17.7 Å². The van der Waals surface area contributed by atoms with Crippen molar-refractivity contribution >= 4 is 0 Å². The molecule has 0 aliphatic heterocycles. The summed E-state index contributed by atoms with van der Waals surface area (Å²) in [6.07, 6.45) is 1.52. The Labute approximate surface area is 103 Å². The summed E-state index contributed by atoms with van der Waals surface area (Å²) < 4.78 is 25.9. The van der Waals surface area contributed by atoms with Crippen LogP contribution in [0.2, 0.25) is 0 Å². The topological polar surface area (TPSA) is 45.8 Å². The van der Waals surface area contributed by atoms with Gasteiger partial charge in [-0.2, -0.15) is 0 Å². The van der Waals surface area contributed by atoms with Gasteiger partial charge in [-0.15, -0.1) is 0 Å². The van der Waals surface area contributed by atoms with Crippen LogP contribution in [0.25, 0.3) is 11.4 Å². The Bertz CT molecular complexity index is 623. The standard InChI is InChI=1S/C13H12F2N2O/c1-2-3-9-7-12(18)17-13(16-9)8-4-5-10(14)11(15)6-8/h4-7H,2-3H2,1H3,(H,16,17,18). The number of benzene rings is 1. The Morgan fingerprint density at radius 2 is 2.00 bits per heavy atom. The molecule has 5 heteroatoms. The molecule has 0 saturated carbocycles. The van der Waals surface area contributed by atoms with Gasteiger partial charge in [0.2, 0.25) is 0 Å². The Kier molecular flexibility index (Phi) is 3.50. The lowest BCUT2D eigenvalue weighted by Crippen LogP contribution is -2.10. The van der Waals surface area contributed by atoms with Gasteiger partial charge in [0.25, 0.3) is 5.56 Å². The van der Waals surface area contributed by atoms with E-state index >= 15 is 0 Å². The minimum Gasteiger partial charge on any atom is -0.307 e. The van der Waals surface area contributed by atoms with Crippen molar-refractivity contribution in [1.29, 1.82) is 0 Å². The molecule has 0 aliphatic carbocycles. The fourth-order valence-electron chi connectivity index (χ4n) is 1.67. The first-order valence-corrected chi connectivity index (χ1v) is 5.66. The van der Waals surface area contributed by atoms with Crippen molar-refractivity contribution in [2.24, 2.45) is 0 Å². The molecule has 1 N–H and O–H groups in total. The van der Waals surface area contributed by atoms with Crippen molar-refractivity contribution in [3.05, 3.63) is 51.9 Å². The largest absolute Gasteiger partial charge is 0.307 e.